The number of nitrogens with zero attached hydrogens (tertiary/aromatic N) is 2. The highest BCUT2D eigenvalue weighted by molar-refractivity contribution is 7.90. The van der Waals surface area contributed by atoms with E-state index < -0.39 is 15.1 Å². The van der Waals surface area contributed by atoms with E-state index >= 15 is 0 Å². The highest BCUT2D eigenvalue weighted by atomic mass is 32.2. The smallest absolute Gasteiger partial charge is 0.234 e. The summed E-state index contributed by atoms with van der Waals surface area (Å²) in [6, 6.07) is -0.0145. The zero-order valence-corrected chi connectivity index (χ0v) is 11.7. The minimum atomic E-state index is -3.22. The van der Waals surface area contributed by atoms with Crippen LogP contribution in [-0.4, -0.2) is 30.9 Å². The number of sulfone groups is 1. The van der Waals surface area contributed by atoms with Gasteiger partial charge in [-0.2, -0.15) is 4.98 Å². The van der Waals surface area contributed by atoms with Crippen LogP contribution >= 0.6 is 0 Å². The van der Waals surface area contributed by atoms with Gasteiger partial charge < -0.3 is 10.3 Å². The van der Waals surface area contributed by atoms with Crippen LogP contribution in [0.4, 0.5) is 0 Å². The summed E-state index contributed by atoms with van der Waals surface area (Å²) >= 11 is 0. The van der Waals surface area contributed by atoms with Crippen LogP contribution in [0.3, 0.4) is 0 Å². The molecular formula is C11H19N3O3S. The molecule has 1 aliphatic carbocycles. The van der Waals surface area contributed by atoms with E-state index in [0.29, 0.717) is 5.89 Å². The Morgan fingerprint density at radius 2 is 2.22 bits per heavy atom. The Bertz CT molecular complexity index is 539. The maximum atomic E-state index is 11.5. The fraction of sp³-hybridized carbons (Fsp3) is 0.818. The van der Waals surface area contributed by atoms with E-state index in [1.165, 1.54) is 0 Å². The van der Waals surface area contributed by atoms with Gasteiger partial charge in [-0.1, -0.05) is 11.6 Å². The standard InChI is InChI=1S/C11H19N3O3S/c1-7(18(3,15)16)9-13-10(17-14-9)11(2)6-4-5-8(11)12/h7-8H,4-6,12H2,1-3H3. The lowest BCUT2D eigenvalue weighted by molar-refractivity contribution is 0.276. The van der Waals surface area contributed by atoms with Gasteiger partial charge in [0.25, 0.3) is 0 Å². The van der Waals surface area contributed by atoms with Crippen molar-refractivity contribution in [2.45, 2.75) is 49.8 Å². The van der Waals surface area contributed by atoms with Crippen molar-refractivity contribution in [2.24, 2.45) is 5.73 Å². The van der Waals surface area contributed by atoms with Crippen LogP contribution in [0.25, 0.3) is 0 Å². The molecule has 0 aromatic carbocycles. The fourth-order valence-electron chi connectivity index (χ4n) is 2.28. The van der Waals surface area contributed by atoms with Crippen LogP contribution in [-0.2, 0) is 15.3 Å². The van der Waals surface area contributed by atoms with E-state index in [-0.39, 0.29) is 17.3 Å². The summed E-state index contributed by atoms with van der Waals surface area (Å²) in [5.74, 6) is 0.672. The Labute approximate surface area is 107 Å². The molecule has 1 aliphatic rings. The van der Waals surface area contributed by atoms with Crippen molar-refractivity contribution in [3.05, 3.63) is 11.7 Å². The van der Waals surface area contributed by atoms with Crippen molar-refractivity contribution in [1.29, 1.82) is 0 Å². The summed E-state index contributed by atoms with van der Waals surface area (Å²) in [7, 11) is -3.22. The number of hydrogen-bond acceptors (Lipinski definition) is 6. The monoisotopic (exact) mass is 273 g/mol. The van der Waals surface area contributed by atoms with Gasteiger partial charge in [-0.05, 0) is 26.7 Å². The number of rotatable bonds is 3. The summed E-state index contributed by atoms with van der Waals surface area (Å²) < 4.78 is 28.2. The molecule has 2 rings (SSSR count). The largest absolute Gasteiger partial charge is 0.339 e. The topological polar surface area (TPSA) is 99.1 Å². The molecule has 0 radical (unpaired) electrons. The third-order valence-corrected chi connectivity index (χ3v) is 5.46. The molecule has 0 amide bonds. The third-order valence-electron chi connectivity index (χ3n) is 3.97. The summed E-state index contributed by atoms with van der Waals surface area (Å²) in [5, 5.41) is 3.03. The average molecular weight is 273 g/mol. The van der Waals surface area contributed by atoms with Crippen LogP contribution < -0.4 is 5.73 Å². The van der Waals surface area contributed by atoms with Crippen molar-refractivity contribution in [3.63, 3.8) is 0 Å². The molecule has 1 aromatic heterocycles. The predicted molar refractivity (Wildman–Crippen MR) is 66.7 cm³/mol. The van der Waals surface area contributed by atoms with Gasteiger partial charge in [0.1, 0.15) is 5.25 Å². The second-order valence-electron chi connectivity index (χ2n) is 5.35. The zero-order valence-electron chi connectivity index (χ0n) is 10.9. The number of nitrogens with two attached hydrogens (primary N) is 1. The van der Waals surface area contributed by atoms with Crippen molar-refractivity contribution < 1.29 is 12.9 Å². The summed E-state index contributed by atoms with van der Waals surface area (Å²) in [6.45, 7) is 3.55. The Kier molecular flexibility index (Phi) is 3.23. The maximum Gasteiger partial charge on any atom is 0.234 e. The van der Waals surface area contributed by atoms with Gasteiger partial charge in [0, 0.05) is 12.3 Å². The lowest BCUT2D eigenvalue weighted by Crippen LogP contribution is -2.38. The lowest BCUT2D eigenvalue weighted by atomic mass is 9.85. The van der Waals surface area contributed by atoms with Crippen molar-refractivity contribution in [3.8, 4) is 0 Å². The molecule has 6 nitrogen and oxygen atoms in total. The van der Waals surface area contributed by atoms with Crippen molar-refractivity contribution in [1.82, 2.24) is 10.1 Å². The summed E-state index contributed by atoms with van der Waals surface area (Å²) in [5.41, 5.74) is 5.74. The number of aromatic nitrogens is 2. The average Bonchev–Trinajstić information content (AvgIpc) is 2.85. The van der Waals surface area contributed by atoms with Crippen LogP contribution in [0, 0.1) is 0 Å². The van der Waals surface area contributed by atoms with E-state index in [2.05, 4.69) is 10.1 Å². The van der Waals surface area contributed by atoms with E-state index in [9.17, 15) is 8.42 Å². The van der Waals surface area contributed by atoms with Gasteiger partial charge in [-0.25, -0.2) is 8.42 Å². The van der Waals surface area contributed by atoms with Crippen molar-refractivity contribution >= 4 is 9.84 Å². The lowest BCUT2D eigenvalue weighted by Gasteiger charge is -2.23. The highest BCUT2D eigenvalue weighted by Crippen LogP contribution is 2.39. The molecule has 1 saturated carbocycles. The first-order valence-corrected chi connectivity index (χ1v) is 7.99. The quantitative estimate of drug-likeness (QED) is 0.880. The van der Waals surface area contributed by atoms with Gasteiger partial charge in [-0.15, -0.1) is 0 Å². The van der Waals surface area contributed by atoms with Gasteiger partial charge >= 0.3 is 0 Å². The number of hydrogen-bond donors (Lipinski definition) is 1. The molecule has 1 aromatic rings. The minimum absolute atomic E-state index is 0.0145. The second kappa shape index (κ2) is 4.31. The molecular weight excluding hydrogens is 254 g/mol. The predicted octanol–water partition coefficient (Wildman–Crippen LogP) is 0.944. The second-order valence-corrected chi connectivity index (χ2v) is 7.71. The van der Waals surface area contributed by atoms with E-state index in [1.54, 1.807) is 6.92 Å². The first kappa shape index (κ1) is 13.5. The van der Waals surface area contributed by atoms with E-state index in [4.69, 9.17) is 10.3 Å². The molecule has 0 spiro atoms. The first-order chi connectivity index (χ1) is 8.25. The Morgan fingerprint density at radius 1 is 1.56 bits per heavy atom. The fourth-order valence-corrected chi connectivity index (χ4v) is 2.76. The SMILES string of the molecule is CC(c1noc(C2(C)CCCC2N)n1)S(C)(=O)=O. The molecule has 0 saturated heterocycles. The maximum absolute atomic E-state index is 11.5. The Morgan fingerprint density at radius 3 is 2.72 bits per heavy atom. The van der Waals surface area contributed by atoms with Crippen LogP contribution in [0.2, 0.25) is 0 Å². The van der Waals surface area contributed by atoms with Crippen LogP contribution in [0.15, 0.2) is 4.52 Å². The van der Waals surface area contributed by atoms with Gasteiger partial charge in [0.2, 0.25) is 5.89 Å². The Balaban J connectivity index is 2.31. The Hall–Kier alpha value is -0.950. The van der Waals surface area contributed by atoms with Crippen LogP contribution in [0.1, 0.15) is 50.1 Å². The molecule has 2 N–H and O–H groups in total. The third kappa shape index (κ3) is 2.16. The zero-order chi connectivity index (χ0) is 13.6. The normalized spacial score (nSPS) is 30.6. The molecule has 1 heterocycles. The molecule has 0 bridgehead atoms. The van der Waals surface area contributed by atoms with Crippen molar-refractivity contribution in [2.75, 3.05) is 6.26 Å². The van der Waals surface area contributed by atoms with Crippen LogP contribution in [0.5, 0.6) is 0 Å². The van der Waals surface area contributed by atoms with Gasteiger partial charge in [0.15, 0.2) is 15.7 Å². The first-order valence-electron chi connectivity index (χ1n) is 6.03. The molecule has 102 valence electrons. The van der Waals surface area contributed by atoms with E-state index in [1.807, 2.05) is 6.92 Å². The molecule has 1 fully saturated rings. The van der Waals surface area contributed by atoms with E-state index in [0.717, 1.165) is 25.5 Å². The molecule has 3 atom stereocenters. The van der Waals surface area contributed by atoms with Gasteiger partial charge in [-0.3, -0.25) is 0 Å². The molecule has 0 aliphatic heterocycles. The molecule has 18 heavy (non-hydrogen) atoms. The highest BCUT2D eigenvalue weighted by Gasteiger charge is 2.43. The summed E-state index contributed by atoms with van der Waals surface area (Å²) in [6.07, 6.45) is 4.01. The molecule has 7 heteroatoms. The molecule has 3 unspecified atom stereocenters. The summed E-state index contributed by atoms with van der Waals surface area (Å²) in [4.78, 5) is 4.24. The minimum Gasteiger partial charge on any atom is -0.339 e. The van der Waals surface area contributed by atoms with Gasteiger partial charge in [0.05, 0.1) is 5.41 Å².